The highest BCUT2D eigenvalue weighted by atomic mass is 32.1. The van der Waals surface area contributed by atoms with E-state index in [4.69, 9.17) is 4.98 Å². The second-order valence-electron chi connectivity index (χ2n) is 8.34. The maximum absolute atomic E-state index is 13.8. The molecule has 0 radical (unpaired) electrons. The first-order chi connectivity index (χ1) is 13.6. The average molecular weight is 392 g/mol. The van der Waals surface area contributed by atoms with Gasteiger partial charge in [-0.3, -0.25) is 4.79 Å². The molecule has 0 bridgehead atoms. The van der Waals surface area contributed by atoms with Crippen LogP contribution in [0.25, 0.3) is 10.2 Å². The van der Waals surface area contributed by atoms with Crippen molar-refractivity contribution in [3.63, 3.8) is 0 Å². The predicted octanol–water partition coefficient (Wildman–Crippen LogP) is 3.47. The van der Waals surface area contributed by atoms with E-state index < -0.39 is 5.41 Å². The van der Waals surface area contributed by atoms with Crippen molar-refractivity contribution in [2.24, 2.45) is 11.8 Å². The van der Waals surface area contributed by atoms with Gasteiger partial charge < -0.3 is 10.2 Å². The normalized spacial score (nSPS) is 23.7. The molecule has 2 aliphatic heterocycles. The number of para-hydroxylation sites is 1. The van der Waals surface area contributed by atoms with Crippen molar-refractivity contribution in [2.45, 2.75) is 18.8 Å². The van der Waals surface area contributed by atoms with Gasteiger partial charge in [0.05, 0.1) is 20.6 Å². The molecule has 3 atom stereocenters. The first kappa shape index (κ1) is 17.8. The van der Waals surface area contributed by atoms with Gasteiger partial charge in [0.2, 0.25) is 5.91 Å². The molecule has 4 nitrogen and oxygen atoms in total. The Morgan fingerprint density at radius 2 is 1.79 bits per heavy atom. The van der Waals surface area contributed by atoms with E-state index in [2.05, 4.69) is 35.3 Å². The summed E-state index contributed by atoms with van der Waals surface area (Å²) in [5, 5.41) is 4.49. The fraction of sp³-hybridized carbons (Fsp3) is 0.391. The first-order valence-corrected chi connectivity index (χ1v) is 10.9. The van der Waals surface area contributed by atoms with E-state index in [-0.39, 0.29) is 5.91 Å². The lowest BCUT2D eigenvalue weighted by molar-refractivity contribution is -0.136. The van der Waals surface area contributed by atoms with Crippen LogP contribution in [-0.4, -0.2) is 42.0 Å². The van der Waals surface area contributed by atoms with Gasteiger partial charge in [-0.1, -0.05) is 42.5 Å². The summed E-state index contributed by atoms with van der Waals surface area (Å²) in [6, 6.07) is 18.5. The van der Waals surface area contributed by atoms with Crippen LogP contribution in [0.5, 0.6) is 0 Å². The first-order valence-electron chi connectivity index (χ1n) is 10.0. The van der Waals surface area contributed by atoms with E-state index >= 15 is 0 Å². The van der Waals surface area contributed by atoms with E-state index in [0.717, 1.165) is 42.3 Å². The minimum absolute atomic E-state index is 0.243. The van der Waals surface area contributed by atoms with Crippen LogP contribution in [0.1, 0.15) is 17.5 Å². The fourth-order valence-electron chi connectivity index (χ4n) is 4.78. The van der Waals surface area contributed by atoms with Gasteiger partial charge in [-0.05, 0) is 36.5 Å². The Balaban J connectivity index is 1.49. The van der Waals surface area contributed by atoms with E-state index in [1.807, 2.05) is 36.4 Å². The molecule has 2 aromatic carbocycles. The highest BCUT2D eigenvalue weighted by Crippen LogP contribution is 2.36. The van der Waals surface area contributed by atoms with Crippen molar-refractivity contribution in [1.82, 2.24) is 15.2 Å². The van der Waals surface area contributed by atoms with Gasteiger partial charge >= 0.3 is 0 Å². The fourth-order valence-corrected chi connectivity index (χ4v) is 5.90. The summed E-state index contributed by atoms with van der Waals surface area (Å²) >= 11 is 1.70. The quantitative estimate of drug-likeness (QED) is 0.741. The number of amides is 1. The second-order valence-corrected chi connectivity index (χ2v) is 9.45. The SMILES string of the molecule is CC(Cc1nc2ccccc2s1)(C(=O)N1C[C@H]2CNC[C@H]2C1)c1ccccc1. The van der Waals surface area contributed by atoms with Crippen molar-refractivity contribution in [3.8, 4) is 0 Å². The molecule has 0 spiro atoms. The Hall–Kier alpha value is -2.24. The van der Waals surface area contributed by atoms with Gasteiger partial charge in [-0.2, -0.15) is 0 Å². The lowest BCUT2D eigenvalue weighted by Gasteiger charge is -2.33. The van der Waals surface area contributed by atoms with Gasteiger partial charge in [0.25, 0.3) is 0 Å². The highest BCUT2D eigenvalue weighted by Gasteiger charge is 2.45. The maximum atomic E-state index is 13.8. The number of fused-ring (bicyclic) bond motifs is 2. The van der Waals surface area contributed by atoms with Crippen LogP contribution in [0.3, 0.4) is 0 Å². The van der Waals surface area contributed by atoms with Crippen molar-refractivity contribution >= 4 is 27.5 Å². The third-order valence-corrected chi connectivity index (χ3v) is 7.44. The molecule has 2 saturated heterocycles. The molecule has 1 aromatic heterocycles. The number of benzene rings is 2. The molecule has 5 heteroatoms. The number of thiazole rings is 1. The monoisotopic (exact) mass is 391 g/mol. The van der Waals surface area contributed by atoms with E-state index in [1.54, 1.807) is 11.3 Å². The topological polar surface area (TPSA) is 45.2 Å². The smallest absolute Gasteiger partial charge is 0.233 e. The zero-order valence-corrected chi connectivity index (χ0v) is 16.9. The molecule has 1 amide bonds. The number of likely N-dealkylation sites (tertiary alicyclic amines) is 1. The van der Waals surface area contributed by atoms with Crippen molar-refractivity contribution in [2.75, 3.05) is 26.2 Å². The molecule has 28 heavy (non-hydrogen) atoms. The number of nitrogens with zero attached hydrogens (tertiary/aromatic N) is 2. The molecular weight excluding hydrogens is 366 g/mol. The summed E-state index contributed by atoms with van der Waals surface area (Å²) in [7, 11) is 0. The minimum Gasteiger partial charge on any atom is -0.341 e. The third kappa shape index (κ3) is 3.03. The molecule has 1 unspecified atom stereocenters. The zero-order chi connectivity index (χ0) is 19.1. The summed E-state index contributed by atoms with van der Waals surface area (Å²) in [4.78, 5) is 20.7. The Morgan fingerprint density at radius 3 is 2.50 bits per heavy atom. The molecule has 0 saturated carbocycles. The Kier molecular flexibility index (Phi) is 4.44. The third-order valence-electron chi connectivity index (χ3n) is 6.40. The number of carbonyl (C=O) groups excluding carboxylic acids is 1. The van der Waals surface area contributed by atoms with Gasteiger partial charge in [-0.25, -0.2) is 4.98 Å². The highest BCUT2D eigenvalue weighted by molar-refractivity contribution is 7.18. The van der Waals surface area contributed by atoms with Gasteiger partial charge in [0.1, 0.15) is 0 Å². The summed E-state index contributed by atoms with van der Waals surface area (Å²) in [5.74, 6) is 1.45. The molecule has 5 rings (SSSR count). The average Bonchev–Trinajstić information content (AvgIpc) is 3.41. The van der Waals surface area contributed by atoms with Crippen LogP contribution in [0.15, 0.2) is 54.6 Å². The zero-order valence-electron chi connectivity index (χ0n) is 16.1. The van der Waals surface area contributed by atoms with Gasteiger partial charge in [-0.15, -0.1) is 11.3 Å². The van der Waals surface area contributed by atoms with Crippen LogP contribution in [0, 0.1) is 11.8 Å². The van der Waals surface area contributed by atoms with Crippen molar-refractivity contribution < 1.29 is 4.79 Å². The van der Waals surface area contributed by atoms with Gasteiger partial charge in [0.15, 0.2) is 0 Å². The summed E-state index contributed by atoms with van der Waals surface area (Å²) in [6.07, 6.45) is 0.638. The molecule has 3 aromatic rings. The number of nitrogens with one attached hydrogen (secondary N) is 1. The number of aromatic nitrogens is 1. The van der Waals surface area contributed by atoms with Crippen LogP contribution >= 0.6 is 11.3 Å². The molecular formula is C23H25N3OS. The Bertz CT molecular complexity index is 956. The molecule has 2 aliphatic rings. The van der Waals surface area contributed by atoms with E-state index in [9.17, 15) is 4.79 Å². The molecule has 2 fully saturated rings. The summed E-state index contributed by atoms with van der Waals surface area (Å²) in [5.41, 5.74) is 1.50. The summed E-state index contributed by atoms with van der Waals surface area (Å²) in [6.45, 7) is 5.92. The molecule has 3 heterocycles. The second kappa shape index (κ2) is 6.98. The number of hydrogen-bond donors (Lipinski definition) is 1. The molecule has 0 aliphatic carbocycles. The molecule has 144 valence electrons. The van der Waals surface area contributed by atoms with Crippen LogP contribution < -0.4 is 5.32 Å². The van der Waals surface area contributed by atoms with Crippen LogP contribution in [-0.2, 0) is 16.6 Å². The Labute approximate surface area is 169 Å². The standard InChI is InChI=1S/C23H25N3OS/c1-23(18-7-3-2-4-8-18,11-21-25-19-9-5-6-10-20(19)28-21)22(27)26-14-16-12-24-13-17(16)15-26/h2-10,16-17,24H,11-15H2,1H3/t16-,17+,23?. The number of carbonyl (C=O) groups is 1. The minimum atomic E-state index is -0.596. The van der Waals surface area contributed by atoms with Crippen molar-refractivity contribution in [1.29, 1.82) is 0 Å². The van der Waals surface area contributed by atoms with Crippen LogP contribution in [0.4, 0.5) is 0 Å². The maximum Gasteiger partial charge on any atom is 0.233 e. The number of hydrogen-bond acceptors (Lipinski definition) is 4. The largest absolute Gasteiger partial charge is 0.341 e. The van der Waals surface area contributed by atoms with Crippen LogP contribution in [0.2, 0.25) is 0 Å². The van der Waals surface area contributed by atoms with Crippen molar-refractivity contribution in [3.05, 3.63) is 65.2 Å². The Morgan fingerprint density at radius 1 is 1.11 bits per heavy atom. The number of rotatable bonds is 4. The lowest BCUT2D eigenvalue weighted by Crippen LogP contribution is -2.46. The van der Waals surface area contributed by atoms with E-state index in [1.165, 1.54) is 4.70 Å². The lowest BCUT2D eigenvalue weighted by atomic mass is 9.78. The summed E-state index contributed by atoms with van der Waals surface area (Å²) < 4.78 is 1.18. The predicted molar refractivity (Wildman–Crippen MR) is 114 cm³/mol. The van der Waals surface area contributed by atoms with Gasteiger partial charge in [0, 0.05) is 32.6 Å². The molecule has 1 N–H and O–H groups in total. The van der Waals surface area contributed by atoms with E-state index in [0.29, 0.717) is 18.3 Å².